The van der Waals surface area contributed by atoms with Crippen LogP contribution in [-0.2, 0) is 4.79 Å². The van der Waals surface area contributed by atoms with E-state index in [0.717, 1.165) is 29.2 Å². The summed E-state index contributed by atoms with van der Waals surface area (Å²) in [6.45, 7) is 0.607. The summed E-state index contributed by atoms with van der Waals surface area (Å²) in [5.41, 5.74) is 2.52. The second-order valence-electron chi connectivity index (χ2n) is 11.4. The Bertz CT molecular complexity index is 1760. The number of aromatic nitrogens is 2. The summed E-state index contributed by atoms with van der Waals surface area (Å²) in [5.74, 6) is -0.0211. The minimum atomic E-state index is -2.71. The number of benzene rings is 3. The number of unbranched alkanes of at least 4 members (excludes halogenated alkanes) is 1. The fourth-order valence-electron chi connectivity index (χ4n) is 6.17. The molecule has 1 aliphatic heterocycles. The molecule has 1 N–H and O–H groups in total. The number of halogens is 2. The van der Waals surface area contributed by atoms with Gasteiger partial charge in [0.2, 0.25) is 5.91 Å². The summed E-state index contributed by atoms with van der Waals surface area (Å²) in [6.07, 6.45) is 10.5. The minimum Gasteiger partial charge on any atom is -0.662 e. The zero-order valence-corrected chi connectivity index (χ0v) is 26.9. The van der Waals surface area contributed by atoms with Gasteiger partial charge in [-0.1, -0.05) is 66.7 Å². The van der Waals surface area contributed by atoms with Crippen LogP contribution in [0.1, 0.15) is 31.4 Å². The molecule has 0 bridgehead atoms. The van der Waals surface area contributed by atoms with Crippen LogP contribution < -0.4 is 26.2 Å². The average Bonchev–Trinajstić information content (AvgIpc) is 3.89. The molecule has 1 amide bonds. The van der Waals surface area contributed by atoms with Crippen molar-refractivity contribution in [1.29, 1.82) is 0 Å². The fraction of sp³-hybridized carbons (Fsp3) is 0.158. The van der Waals surface area contributed by atoms with E-state index in [2.05, 4.69) is 106 Å². The number of carbonyl (C=O) groups is 1. The Morgan fingerprint density at radius 3 is 2.02 bits per heavy atom. The standard InChI is InChI=1S/C38H36BF2N4OP/c40-39(41)45-32(23-24-37(45)36-19-12-27-42-36)29-31-21-20-30(44-31)22-25-38(46)43-26-10-11-28-47(33-13-4-1-5-14-33,34-15-6-2-7-16-34)35-17-8-3-9-18-35/h1-9,12-21,23-24,27,29H,10-11,22,25-26,28H2,(H-,42,43,44,46). The molecule has 0 unspecified atom stereocenters. The van der Waals surface area contributed by atoms with Crippen molar-refractivity contribution in [2.45, 2.75) is 25.7 Å². The van der Waals surface area contributed by atoms with Crippen LogP contribution in [0, 0.1) is 0 Å². The first-order valence-electron chi connectivity index (χ1n) is 15.9. The van der Waals surface area contributed by atoms with Gasteiger partial charge >= 0.3 is 7.40 Å². The van der Waals surface area contributed by atoms with Gasteiger partial charge in [-0.15, -0.1) is 5.69 Å². The molecule has 9 heteroatoms. The van der Waals surface area contributed by atoms with Gasteiger partial charge in [0.05, 0.1) is 11.9 Å². The highest BCUT2D eigenvalue weighted by molar-refractivity contribution is 7.95. The summed E-state index contributed by atoms with van der Waals surface area (Å²) in [7, 11) is -4.60. The Morgan fingerprint density at radius 2 is 1.45 bits per heavy atom. The monoisotopic (exact) mass is 644 g/mol. The molecule has 0 radical (unpaired) electrons. The maximum absolute atomic E-state index is 13.9. The number of hydrogen-bond donors (Lipinski definition) is 1. The summed E-state index contributed by atoms with van der Waals surface area (Å²) >= 11 is 0. The fourth-order valence-corrected chi connectivity index (χ4v) is 10.6. The molecular weight excluding hydrogens is 608 g/mol. The molecule has 2 aromatic heterocycles. The molecule has 0 fully saturated rings. The van der Waals surface area contributed by atoms with Crippen molar-refractivity contribution < 1.29 is 13.4 Å². The lowest BCUT2D eigenvalue weighted by molar-refractivity contribution is -0.120. The smallest absolute Gasteiger partial charge is 0.662 e. The Labute approximate surface area is 275 Å². The molecule has 3 heterocycles. The molecule has 5 aromatic rings. The third-order valence-electron chi connectivity index (χ3n) is 8.42. The van der Waals surface area contributed by atoms with E-state index in [9.17, 15) is 13.4 Å². The van der Waals surface area contributed by atoms with E-state index in [-0.39, 0.29) is 5.91 Å². The SMILES string of the molecule is O=C(CCC1=N/C(=C\c2ccc(-c3ccc[n-]3)n2B(F)F)C=C1)NCCCC[P+](c1ccccc1)(c1ccccc1)c1ccccc1. The first-order chi connectivity index (χ1) is 23.0. The number of nitrogens with zero attached hydrogens (tertiary/aromatic N) is 3. The molecule has 6 rings (SSSR count). The van der Waals surface area contributed by atoms with E-state index < -0.39 is 14.7 Å². The van der Waals surface area contributed by atoms with Crippen molar-refractivity contribution in [3.05, 3.63) is 145 Å². The number of carbonyl (C=O) groups excluding carboxylic acids is 1. The van der Waals surface area contributed by atoms with E-state index >= 15 is 0 Å². The summed E-state index contributed by atoms with van der Waals surface area (Å²) < 4.78 is 28.8. The van der Waals surface area contributed by atoms with Crippen LogP contribution in [-0.4, -0.2) is 36.2 Å². The van der Waals surface area contributed by atoms with Gasteiger partial charge in [-0.3, -0.25) is 18.4 Å². The van der Waals surface area contributed by atoms with Crippen molar-refractivity contribution in [3.8, 4) is 11.4 Å². The Hall–Kier alpha value is -4.81. The highest BCUT2D eigenvalue weighted by Crippen LogP contribution is 2.55. The van der Waals surface area contributed by atoms with E-state index in [1.54, 1.807) is 42.6 Å². The molecule has 3 aromatic carbocycles. The predicted molar refractivity (Wildman–Crippen MR) is 193 cm³/mol. The summed E-state index contributed by atoms with van der Waals surface area (Å²) in [5, 5.41) is 7.18. The van der Waals surface area contributed by atoms with Gasteiger partial charge in [-0.25, -0.2) is 0 Å². The quantitative estimate of drug-likeness (QED) is 0.0812. The third-order valence-corrected chi connectivity index (χ3v) is 12.9. The van der Waals surface area contributed by atoms with Crippen LogP contribution in [0.3, 0.4) is 0 Å². The van der Waals surface area contributed by atoms with Crippen LogP contribution in [0.4, 0.5) is 8.63 Å². The van der Waals surface area contributed by atoms with Gasteiger partial charge < -0.3 is 14.8 Å². The van der Waals surface area contributed by atoms with Crippen molar-refractivity contribution >= 4 is 48.3 Å². The maximum Gasteiger partial charge on any atom is 0.678 e. The number of aliphatic imine (C=N–C) groups is 1. The Morgan fingerprint density at radius 1 is 0.809 bits per heavy atom. The van der Waals surface area contributed by atoms with Crippen LogP contribution in [0.5, 0.6) is 0 Å². The highest BCUT2D eigenvalue weighted by atomic mass is 31.2. The molecule has 0 spiro atoms. The minimum absolute atomic E-state index is 0.0211. The summed E-state index contributed by atoms with van der Waals surface area (Å²) in [6, 6.07) is 39.2. The van der Waals surface area contributed by atoms with Gasteiger partial charge in [-0.2, -0.15) is 6.20 Å². The molecule has 0 aliphatic carbocycles. The third kappa shape index (κ3) is 7.45. The number of hydrogen-bond acceptors (Lipinski definition) is 2. The topological polar surface area (TPSA) is 60.5 Å². The van der Waals surface area contributed by atoms with Gasteiger partial charge in [0.1, 0.15) is 23.2 Å². The molecule has 0 saturated carbocycles. The first-order valence-corrected chi connectivity index (χ1v) is 17.9. The van der Waals surface area contributed by atoms with Crippen molar-refractivity contribution in [3.63, 3.8) is 0 Å². The zero-order chi connectivity index (χ0) is 32.5. The lowest BCUT2D eigenvalue weighted by atomic mass is 10.1. The van der Waals surface area contributed by atoms with E-state index in [1.807, 2.05) is 6.08 Å². The van der Waals surface area contributed by atoms with Crippen LogP contribution >= 0.6 is 7.26 Å². The first kappa shape index (κ1) is 32.1. The largest absolute Gasteiger partial charge is 0.678 e. The van der Waals surface area contributed by atoms with Gasteiger partial charge in [0, 0.05) is 30.1 Å². The Balaban J connectivity index is 1.04. The predicted octanol–water partition coefficient (Wildman–Crippen LogP) is 6.91. The van der Waals surface area contributed by atoms with Crippen molar-refractivity contribution in [1.82, 2.24) is 14.8 Å². The maximum atomic E-state index is 13.9. The van der Waals surface area contributed by atoms with Crippen LogP contribution in [0.25, 0.3) is 17.5 Å². The van der Waals surface area contributed by atoms with E-state index in [4.69, 9.17) is 0 Å². The number of nitrogens with one attached hydrogen (secondary N) is 1. The molecule has 236 valence electrons. The van der Waals surface area contributed by atoms with E-state index in [0.29, 0.717) is 42.2 Å². The normalized spacial score (nSPS) is 13.6. The number of amides is 1. The lowest BCUT2D eigenvalue weighted by Crippen LogP contribution is -2.33. The Kier molecular flexibility index (Phi) is 10.4. The average molecular weight is 645 g/mol. The lowest BCUT2D eigenvalue weighted by Gasteiger charge is -2.27. The zero-order valence-electron chi connectivity index (χ0n) is 26.1. The number of rotatable bonds is 14. The van der Waals surface area contributed by atoms with Gasteiger partial charge in [0.25, 0.3) is 0 Å². The van der Waals surface area contributed by atoms with Gasteiger partial charge in [-0.05, 0) is 86.0 Å². The molecule has 0 saturated heterocycles. The summed E-state index contributed by atoms with van der Waals surface area (Å²) in [4.78, 5) is 21.5. The second-order valence-corrected chi connectivity index (χ2v) is 15.0. The number of allylic oxidation sites excluding steroid dienone is 2. The van der Waals surface area contributed by atoms with Gasteiger partial charge in [0.15, 0.2) is 0 Å². The second kappa shape index (κ2) is 15.2. The molecule has 0 atom stereocenters. The van der Waals surface area contributed by atoms with E-state index in [1.165, 1.54) is 15.9 Å². The highest BCUT2D eigenvalue weighted by Gasteiger charge is 2.44. The van der Waals surface area contributed by atoms with Crippen LogP contribution in [0.2, 0.25) is 0 Å². The van der Waals surface area contributed by atoms with Crippen molar-refractivity contribution in [2.75, 3.05) is 12.7 Å². The van der Waals surface area contributed by atoms with Crippen molar-refractivity contribution in [2.24, 2.45) is 4.99 Å². The molecular formula is C38H36BF2N4OP. The molecule has 47 heavy (non-hydrogen) atoms. The van der Waals surface area contributed by atoms with Crippen LogP contribution in [0.15, 0.2) is 144 Å². The molecule has 1 aliphatic rings. The molecule has 5 nitrogen and oxygen atoms in total.